The first-order valence-corrected chi connectivity index (χ1v) is 12.6. The molecule has 0 unspecified atom stereocenters. The summed E-state index contributed by atoms with van der Waals surface area (Å²) >= 11 is 6.52. The topological polar surface area (TPSA) is 104 Å². The number of carbonyl (C=O) groups is 1. The molecule has 0 saturated carbocycles. The van der Waals surface area contributed by atoms with Gasteiger partial charge in [0.05, 0.1) is 34.1 Å². The van der Waals surface area contributed by atoms with E-state index in [9.17, 15) is 33.0 Å². The molecule has 0 saturated heterocycles. The highest BCUT2D eigenvalue weighted by atomic mass is 35.5. The number of alkyl halides is 3. The van der Waals surface area contributed by atoms with Crippen molar-refractivity contribution >= 4 is 40.7 Å². The van der Waals surface area contributed by atoms with Gasteiger partial charge in [-0.05, 0) is 52.3 Å². The lowest BCUT2D eigenvalue weighted by Gasteiger charge is -2.15. The average molecular weight is 572 g/mol. The third-order valence-electron chi connectivity index (χ3n) is 6.20. The Balaban J connectivity index is 1.70. The summed E-state index contributed by atoms with van der Waals surface area (Å²) in [5.41, 5.74) is 0.0735. The number of nitrogens with zero attached hydrogens (tertiary/aromatic N) is 3. The molecule has 2 heterocycles. The third-order valence-corrected chi connectivity index (χ3v) is 7.46. The van der Waals surface area contributed by atoms with Gasteiger partial charge in [-0.15, -0.1) is 0 Å². The molecule has 12 heteroatoms. The number of rotatable bonds is 6. The van der Waals surface area contributed by atoms with Gasteiger partial charge in [0.25, 0.3) is 0 Å². The number of aromatic nitrogens is 1. The van der Waals surface area contributed by atoms with Crippen LogP contribution in [0.3, 0.4) is 0 Å². The molecular weight excluding hydrogens is 555 g/mol. The van der Waals surface area contributed by atoms with Crippen LogP contribution in [-0.2, 0) is 19.1 Å². The van der Waals surface area contributed by atoms with E-state index in [2.05, 4.69) is 10.2 Å². The van der Waals surface area contributed by atoms with Gasteiger partial charge in [-0.2, -0.15) is 23.4 Å². The van der Waals surface area contributed by atoms with Gasteiger partial charge in [-0.25, -0.2) is 4.79 Å². The molecule has 0 amide bonds. The second kappa shape index (κ2) is 10.2. The molecule has 39 heavy (non-hydrogen) atoms. The van der Waals surface area contributed by atoms with Crippen LogP contribution in [0.25, 0.3) is 5.57 Å². The molecule has 0 aliphatic carbocycles. The molecule has 1 aliphatic rings. The Morgan fingerprint density at radius 3 is 2.56 bits per heavy atom. The Bertz CT molecular complexity index is 1840. The SMILES string of the molecule is O=C(O)c1ccccc1Cn1c(O)c(C(Cc2ccc(Cl)cc2C(F)(F)F)=c2ccc3c(c2)C=NN=3)sc1=O. The Labute approximate surface area is 227 Å². The molecule has 0 atom stereocenters. The van der Waals surface area contributed by atoms with Crippen LogP contribution < -0.4 is 15.4 Å². The summed E-state index contributed by atoms with van der Waals surface area (Å²) in [5.74, 6) is -1.69. The lowest BCUT2D eigenvalue weighted by Crippen LogP contribution is -2.17. The van der Waals surface area contributed by atoms with Crippen molar-refractivity contribution in [2.24, 2.45) is 10.2 Å². The summed E-state index contributed by atoms with van der Waals surface area (Å²) in [6.45, 7) is -0.249. The van der Waals surface area contributed by atoms with Crippen LogP contribution in [0.5, 0.6) is 5.88 Å². The molecular formula is C27H17ClF3N3O4S. The van der Waals surface area contributed by atoms with Crippen LogP contribution >= 0.6 is 22.9 Å². The highest BCUT2D eigenvalue weighted by Crippen LogP contribution is 2.37. The largest absolute Gasteiger partial charge is 0.493 e. The number of hydrogen-bond donors (Lipinski definition) is 2. The lowest BCUT2D eigenvalue weighted by molar-refractivity contribution is -0.138. The molecule has 5 rings (SSSR count). The van der Waals surface area contributed by atoms with Crippen LogP contribution in [0.4, 0.5) is 13.2 Å². The van der Waals surface area contributed by atoms with Crippen LogP contribution in [0, 0.1) is 0 Å². The molecule has 0 bridgehead atoms. The second-order valence-electron chi connectivity index (χ2n) is 8.64. The van der Waals surface area contributed by atoms with Crippen molar-refractivity contribution in [3.05, 3.63) is 119 Å². The first kappa shape index (κ1) is 26.4. The number of halogens is 4. The summed E-state index contributed by atoms with van der Waals surface area (Å²) in [6.07, 6.45) is -3.50. The minimum Gasteiger partial charge on any atom is -0.493 e. The Morgan fingerprint density at radius 1 is 1.05 bits per heavy atom. The van der Waals surface area contributed by atoms with Crippen LogP contribution in [0.15, 0.2) is 75.7 Å². The molecule has 2 N–H and O–H groups in total. The van der Waals surface area contributed by atoms with E-state index in [1.807, 2.05) is 0 Å². The predicted octanol–water partition coefficient (Wildman–Crippen LogP) is 4.44. The van der Waals surface area contributed by atoms with Gasteiger partial charge in [-0.1, -0.05) is 53.3 Å². The van der Waals surface area contributed by atoms with Gasteiger partial charge >= 0.3 is 17.0 Å². The fourth-order valence-electron chi connectivity index (χ4n) is 4.33. The maximum absolute atomic E-state index is 13.9. The van der Waals surface area contributed by atoms with Crippen LogP contribution in [-0.4, -0.2) is 27.0 Å². The number of aromatic hydroxyl groups is 1. The lowest BCUT2D eigenvalue weighted by atomic mass is 9.96. The van der Waals surface area contributed by atoms with E-state index in [4.69, 9.17) is 11.6 Å². The Kier molecular flexibility index (Phi) is 6.87. The molecule has 1 aromatic heterocycles. The van der Waals surface area contributed by atoms with Crippen molar-refractivity contribution in [2.75, 3.05) is 0 Å². The number of thiazole rings is 1. The summed E-state index contributed by atoms with van der Waals surface area (Å²) in [7, 11) is 0. The van der Waals surface area contributed by atoms with E-state index in [0.29, 0.717) is 27.5 Å². The molecule has 1 aliphatic heterocycles. The van der Waals surface area contributed by atoms with Gasteiger partial charge in [0.15, 0.2) is 0 Å². The zero-order valence-corrected chi connectivity index (χ0v) is 21.3. The fraction of sp³-hybridized carbons (Fsp3) is 0.111. The minimum atomic E-state index is -4.70. The van der Waals surface area contributed by atoms with Crippen LogP contribution in [0.1, 0.15) is 37.5 Å². The summed E-state index contributed by atoms with van der Waals surface area (Å²) in [4.78, 5) is 24.1. The van der Waals surface area contributed by atoms with E-state index in [1.165, 1.54) is 36.5 Å². The minimum absolute atomic E-state index is 0.0432. The molecule has 3 aromatic carbocycles. The van der Waals surface area contributed by atoms with Gasteiger partial charge in [-0.3, -0.25) is 9.36 Å². The van der Waals surface area contributed by atoms with E-state index in [0.717, 1.165) is 10.6 Å². The van der Waals surface area contributed by atoms with Crippen molar-refractivity contribution < 1.29 is 28.2 Å². The van der Waals surface area contributed by atoms with Crippen molar-refractivity contribution in [3.8, 4) is 5.88 Å². The monoisotopic (exact) mass is 571 g/mol. The summed E-state index contributed by atoms with van der Waals surface area (Å²) in [5, 5.41) is 29.5. The smallest absolute Gasteiger partial charge is 0.416 e. The highest BCUT2D eigenvalue weighted by Gasteiger charge is 2.34. The molecule has 4 aromatic rings. The van der Waals surface area contributed by atoms with E-state index >= 15 is 0 Å². The van der Waals surface area contributed by atoms with E-state index < -0.39 is 28.5 Å². The van der Waals surface area contributed by atoms with E-state index in [-0.39, 0.29) is 45.1 Å². The Morgan fingerprint density at radius 2 is 1.82 bits per heavy atom. The van der Waals surface area contributed by atoms with Gasteiger partial charge in [0, 0.05) is 17.0 Å². The standard InChI is InChI=1S/C27H17ClF3N3O4S/c28-18-7-5-15(21(11-18)27(29,30)31)10-20(14-6-8-22-17(9-14)12-32-33-22)23-24(35)34(26(38)39-23)13-16-3-1-2-4-19(16)25(36)37/h1-9,11-12,35H,10,13H2,(H,36,37). The number of benzene rings is 3. The number of aromatic carboxylic acids is 1. The first-order chi connectivity index (χ1) is 18.5. The van der Waals surface area contributed by atoms with Crippen molar-refractivity contribution in [3.63, 3.8) is 0 Å². The Hall–Kier alpha value is -4.22. The zero-order chi connectivity index (χ0) is 27.9. The maximum atomic E-state index is 13.9. The predicted molar refractivity (Wildman–Crippen MR) is 140 cm³/mol. The number of carboxylic acid groups (broad SMARTS) is 1. The van der Waals surface area contributed by atoms with Crippen molar-refractivity contribution in [2.45, 2.75) is 19.1 Å². The maximum Gasteiger partial charge on any atom is 0.416 e. The summed E-state index contributed by atoms with van der Waals surface area (Å²) in [6, 6.07) is 14.4. The number of carboxylic acids is 1. The van der Waals surface area contributed by atoms with Gasteiger partial charge < -0.3 is 10.2 Å². The van der Waals surface area contributed by atoms with Gasteiger partial charge in [0.2, 0.25) is 5.88 Å². The molecule has 7 nitrogen and oxygen atoms in total. The number of fused-ring (bicyclic) bond motifs is 1. The highest BCUT2D eigenvalue weighted by molar-refractivity contribution is 7.10. The van der Waals surface area contributed by atoms with Crippen LogP contribution in [0.2, 0.25) is 5.02 Å². The second-order valence-corrected chi connectivity index (χ2v) is 10.0. The first-order valence-electron chi connectivity index (χ1n) is 11.4. The molecule has 198 valence electrons. The van der Waals surface area contributed by atoms with Gasteiger partial charge in [0.1, 0.15) is 0 Å². The molecule has 0 fully saturated rings. The molecule has 0 radical (unpaired) electrons. The third kappa shape index (κ3) is 5.23. The average Bonchev–Trinajstić information content (AvgIpc) is 3.47. The van der Waals surface area contributed by atoms with Crippen molar-refractivity contribution in [1.82, 2.24) is 4.57 Å². The van der Waals surface area contributed by atoms with E-state index in [1.54, 1.807) is 24.3 Å². The fourth-order valence-corrected chi connectivity index (χ4v) is 5.45. The molecule has 0 spiro atoms. The normalized spacial score (nSPS) is 13.2. The summed E-state index contributed by atoms with van der Waals surface area (Å²) < 4.78 is 42.7. The zero-order valence-electron chi connectivity index (χ0n) is 19.7. The van der Waals surface area contributed by atoms with Crippen molar-refractivity contribution in [1.29, 1.82) is 0 Å². The number of hydrogen-bond acceptors (Lipinski definition) is 6. The quantitative estimate of drug-likeness (QED) is 0.357.